The fourth-order valence-electron chi connectivity index (χ4n) is 2.44. The average Bonchev–Trinajstić information content (AvgIpc) is 3.02. The van der Waals surface area contributed by atoms with Crippen LogP contribution in [-0.4, -0.2) is 26.5 Å². The second-order valence-electron chi connectivity index (χ2n) is 5.16. The molecule has 0 aliphatic carbocycles. The molecule has 22 heavy (non-hydrogen) atoms. The Balaban J connectivity index is 1.77. The summed E-state index contributed by atoms with van der Waals surface area (Å²) in [6.07, 6.45) is 4.06. The van der Waals surface area contributed by atoms with Crippen molar-refractivity contribution < 1.29 is 8.42 Å². The predicted octanol–water partition coefficient (Wildman–Crippen LogP) is 3.14. The van der Waals surface area contributed by atoms with E-state index in [0.29, 0.717) is 10.8 Å². The van der Waals surface area contributed by atoms with Crippen molar-refractivity contribution in [3.8, 4) is 0 Å². The minimum atomic E-state index is -3.68. The largest absolute Gasteiger partial charge is 0.370 e. The summed E-state index contributed by atoms with van der Waals surface area (Å²) in [5, 5.41) is 0.375. The molecular formula is C15H16ClN3O2S. The van der Waals surface area contributed by atoms with Crippen molar-refractivity contribution >= 4 is 33.1 Å². The van der Waals surface area contributed by atoms with Crippen molar-refractivity contribution in [3.63, 3.8) is 0 Å². The molecule has 2 heterocycles. The lowest BCUT2D eigenvalue weighted by Gasteiger charge is -2.17. The number of sulfonamides is 1. The minimum Gasteiger partial charge on any atom is -0.370 e. The lowest BCUT2D eigenvalue weighted by atomic mass is 10.4. The zero-order chi connectivity index (χ0) is 15.6. The van der Waals surface area contributed by atoms with Crippen LogP contribution in [0.15, 0.2) is 47.5 Å². The molecule has 0 radical (unpaired) electrons. The van der Waals surface area contributed by atoms with Crippen LogP contribution < -0.4 is 9.62 Å². The van der Waals surface area contributed by atoms with Crippen LogP contribution in [0.1, 0.15) is 12.8 Å². The third-order valence-electron chi connectivity index (χ3n) is 3.56. The molecule has 0 atom stereocenters. The fourth-order valence-corrected chi connectivity index (χ4v) is 3.75. The van der Waals surface area contributed by atoms with Crippen LogP contribution in [-0.2, 0) is 10.0 Å². The normalized spacial score (nSPS) is 15.0. The Morgan fingerprint density at radius 3 is 2.55 bits per heavy atom. The van der Waals surface area contributed by atoms with E-state index < -0.39 is 10.0 Å². The van der Waals surface area contributed by atoms with E-state index in [1.807, 2.05) is 6.07 Å². The maximum Gasteiger partial charge on any atom is 0.263 e. The van der Waals surface area contributed by atoms with Gasteiger partial charge in [-0.05, 0) is 43.2 Å². The first-order valence-corrected chi connectivity index (χ1v) is 8.90. The van der Waals surface area contributed by atoms with Crippen molar-refractivity contribution in [2.75, 3.05) is 22.7 Å². The van der Waals surface area contributed by atoms with Gasteiger partial charge in [-0.15, -0.1) is 0 Å². The van der Waals surface area contributed by atoms with Crippen LogP contribution in [0.4, 0.5) is 11.5 Å². The molecule has 5 nitrogen and oxygen atoms in total. The van der Waals surface area contributed by atoms with Gasteiger partial charge in [0.15, 0.2) is 0 Å². The molecule has 0 spiro atoms. The molecule has 1 N–H and O–H groups in total. The first-order valence-electron chi connectivity index (χ1n) is 7.04. The summed E-state index contributed by atoms with van der Waals surface area (Å²) in [7, 11) is -3.68. The molecule has 1 aromatic heterocycles. The highest BCUT2D eigenvalue weighted by Crippen LogP contribution is 2.22. The summed E-state index contributed by atoms with van der Waals surface area (Å²) in [6.45, 7) is 2.05. The first kappa shape index (κ1) is 15.1. The van der Waals surface area contributed by atoms with Gasteiger partial charge >= 0.3 is 0 Å². The molecule has 1 aliphatic rings. The highest BCUT2D eigenvalue weighted by Gasteiger charge is 2.16. The molecule has 0 amide bonds. The highest BCUT2D eigenvalue weighted by atomic mass is 35.5. The highest BCUT2D eigenvalue weighted by molar-refractivity contribution is 7.92. The molecule has 1 saturated heterocycles. The van der Waals surface area contributed by atoms with Gasteiger partial charge in [0.2, 0.25) is 0 Å². The van der Waals surface area contributed by atoms with Crippen LogP contribution in [0.5, 0.6) is 0 Å². The van der Waals surface area contributed by atoms with Crippen molar-refractivity contribution in [1.29, 1.82) is 0 Å². The molecule has 2 aromatic rings. The second-order valence-corrected chi connectivity index (χ2v) is 7.28. The summed E-state index contributed by atoms with van der Waals surface area (Å²) >= 11 is 5.83. The summed E-state index contributed by atoms with van der Waals surface area (Å²) in [6, 6.07) is 9.68. The number of aromatic nitrogens is 1. The number of nitrogens with zero attached hydrogens (tertiary/aromatic N) is 2. The lowest BCUT2D eigenvalue weighted by molar-refractivity contribution is 0.601. The number of benzene rings is 1. The van der Waals surface area contributed by atoms with Crippen LogP contribution in [0.2, 0.25) is 5.02 Å². The third kappa shape index (κ3) is 3.34. The number of pyridine rings is 1. The van der Waals surface area contributed by atoms with Gasteiger partial charge in [0.25, 0.3) is 10.0 Å². The monoisotopic (exact) mass is 337 g/mol. The Morgan fingerprint density at radius 1 is 1.14 bits per heavy atom. The SMILES string of the molecule is O=S(=O)(Nc1ccc(N2CCCC2)cn1)c1cccc(Cl)c1. The van der Waals surface area contributed by atoms with Gasteiger partial charge < -0.3 is 4.90 Å². The number of nitrogens with one attached hydrogen (secondary N) is 1. The quantitative estimate of drug-likeness (QED) is 0.931. The van der Waals surface area contributed by atoms with E-state index in [2.05, 4.69) is 14.6 Å². The topological polar surface area (TPSA) is 62.3 Å². The Hall–Kier alpha value is -1.79. The molecule has 116 valence electrons. The fraction of sp³-hybridized carbons (Fsp3) is 0.267. The number of hydrogen-bond donors (Lipinski definition) is 1. The maximum atomic E-state index is 12.3. The molecule has 1 aromatic carbocycles. The molecule has 0 bridgehead atoms. The summed E-state index contributed by atoms with van der Waals surface area (Å²) in [5.74, 6) is 0.294. The van der Waals surface area contributed by atoms with E-state index in [0.717, 1.165) is 18.8 Å². The zero-order valence-electron chi connectivity index (χ0n) is 11.9. The summed E-state index contributed by atoms with van der Waals surface area (Å²) in [4.78, 5) is 6.55. The van der Waals surface area contributed by atoms with Gasteiger partial charge in [-0.1, -0.05) is 17.7 Å². The van der Waals surface area contributed by atoms with Crippen LogP contribution in [0.3, 0.4) is 0 Å². The smallest absolute Gasteiger partial charge is 0.263 e. The number of rotatable bonds is 4. The Labute approximate surface area is 135 Å². The van der Waals surface area contributed by atoms with Gasteiger partial charge in [-0.25, -0.2) is 13.4 Å². The van der Waals surface area contributed by atoms with Crippen molar-refractivity contribution in [3.05, 3.63) is 47.6 Å². The lowest BCUT2D eigenvalue weighted by Crippen LogP contribution is -2.18. The molecule has 0 saturated carbocycles. The van der Waals surface area contributed by atoms with Crippen LogP contribution in [0.25, 0.3) is 0 Å². The van der Waals surface area contributed by atoms with E-state index in [1.165, 1.54) is 25.0 Å². The average molecular weight is 338 g/mol. The summed E-state index contributed by atoms with van der Waals surface area (Å²) < 4.78 is 27.0. The van der Waals surface area contributed by atoms with Gasteiger partial charge in [0, 0.05) is 18.1 Å². The van der Waals surface area contributed by atoms with Crippen LogP contribution >= 0.6 is 11.6 Å². The van der Waals surface area contributed by atoms with Crippen LogP contribution in [0, 0.1) is 0 Å². The predicted molar refractivity (Wildman–Crippen MR) is 87.9 cm³/mol. The minimum absolute atomic E-state index is 0.116. The first-order chi connectivity index (χ1) is 10.5. The second kappa shape index (κ2) is 6.14. The Kier molecular flexibility index (Phi) is 4.22. The van der Waals surface area contributed by atoms with Gasteiger partial charge in [-0.2, -0.15) is 0 Å². The standard InChI is InChI=1S/C15H16ClN3O2S/c16-12-4-3-5-14(10-12)22(20,21)18-15-7-6-13(11-17-15)19-8-1-2-9-19/h3-7,10-11H,1-2,8-9H2,(H,17,18). The molecular weight excluding hydrogens is 322 g/mol. The number of halogens is 1. The molecule has 1 fully saturated rings. The third-order valence-corrected chi connectivity index (χ3v) is 5.15. The van der Waals surface area contributed by atoms with Crippen molar-refractivity contribution in [2.24, 2.45) is 0 Å². The Morgan fingerprint density at radius 2 is 1.91 bits per heavy atom. The van der Waals surface area contributed by atoms with Crippen molar-refractivity contribution in [2.45, 2.75) is 17.7 Å². The molecule has 0 unspecified atom stereocenters. The van der Waals surface area contributed by atoms with E-state index in [9.17, 15) is 8.42 Å². The maximum absolute atomic E-state index is 12.3. The van der Waals surface area contributed by atoms with Crippen molar-refractivity contribution in [1.82, 2.24) is 4.98 Å². The molecule has 7 heteroatoms. The van der Waals surface area contributed by atoms with E-state index in [4.69, 9.17) is 11.6 Å². The van der Waals surface area contributed by atoms with Gasteiger partial charge in [0.05, 0.1) is 16.8 Å². The van der Waals surface area contributed by atoms with Gasteiger partial charge in [-0.3, -0.25) is 4.72 Å². The number of anilines is 2. The van der Waals surface area contributed by atoms with E-state index in [1.54, 1.807) is 24.4 Å². The van der Waals surface area contributed by atoms with E-state index >= 15 is 0 Å². The molecule has 3 rings (SSSR count). The van der Waals surface area contributed by atoms with E-state index in [-0.39, 0.29) is 4.90 Å². The summed E-state index contributed by atoms with van der Waals surface area (Å²) in [5.41, 5.74) is 1.02. The Bertz CT molecular complexity index is 757. The molecule has 1 aliphatic heterocycles. The zero-order valence-corrected chi connectivity index (χ0v) is 13.4. The van der Waals surface area contributed by atoms with Gasteiger partial charge in [0.1, 0.15) is 5.82 Å². The number of hydrogen-bond acceptors (Lipinski definition) is 4.